The van der Waals surface area contributed by atoms with Gasteiger partial charge in [0.15, 0.2) is 35.1 Å². The number of ether oxygens (including phenoxy) is 4. The molecular weight excluding hydrogens is 774 g/mol. The van der Waals surface area contributed by atoms with Crippen LogP contribution in [-0.4, -0.2) is 161 Å². The van der Waals surface area contributed by atoms with E-state index in [1.165, 1.54) is 37.5 Å². The zero-order valence-corrected chi connectivity index (χ0v) is 30.7. The first-order valence-corrected chi connectivity index (χ1v) is 20.4. The number of nitrogens with one attached hydrogen (secondary N) is 1. The molecule has 5 fully saturated rings. The number of imidazole rings is 2. The Hall–Kier alpha value is -3.52. The van der Waals surface area contributed by atoms with Gasteiger partial charge in [0.2, 0.25) is 5.95 Å². The Morgan fingerprint density at radius 2 is 1.31 bits per heavy atom. The van der Waals surface area contributed by atoms with Crippen LogP contribution in [-0.2, 0) is 46.2 Å². The van der Waals surface area contributed by atoms with E-state index in [4.69, 9.17) is 48.5 Å². The molecule has 5 aliphatic heterocycles. The Morgan fingerprint density at radius 1 is 0.727 bits per heavy atom. The van der Waals surface area contributed by atoms with Crippen LogP contribution in [0.4, 0.5) is 11.8 Å². The molecular formula is C28H38N12O13P2. The molecule has 7 N–H and O–H groups in total. The Labute approximate surface area is 309 Å². The van der Waals surface area contributed by atoms with Gasteiger partial charge in [-0.25, -0.2) is 38.4 Å². The molecule has 2 bridgehead atoms. The van der Waals surface area contributed by atoms with Gasteiger partial charge in [0, 0.05) is 26.2 Å². The van der Waals surface area contributed by atoms with E-state index in [1.807, 2.05) is 0 Å². The third-order valence-electron chi connectivity index (χ3n) is 9.99. The van der Waals surface area contributed by atoms with Crippen molar-refractivity contribution in [2.24, 2.45) is 0 Å². The second-order valence-electron chi connectivity index (χ2n) is 13.3. The van der Waals surface area contributed by atoms with Gasteiger partial charge in [0.1, 0.15) is 48.5 Å². The average molecular weight is 813 g/mol. The fourth-order valence-electron chi connectivity index (χ4n) is 7.19. The van der Waals surface area contributed by atoms with Crippen LogP contribution in [0.5, 0.6) is 0 Å². The lowest BCUT2D eigenvalue weighted by molar-refractivity contribution is -0.0679. The summed E-state index contributed by atoms with van der Waals surface area (Å²) in [5.41, 5.74) is 11.6. The Balaban J connectivity index is 1.12. The van der Waals surface area contributed by atoms with Crippen molar-refractivity contribution >= 4 is 49.6 Å². The molecule has 55 heavy (non-hydrogen) atoms. The van der Waals surface area contributed by atoms with Gasteiger partial charge in [-0.15, -0.1) is 0 Å². The molecule has 9 heterocycles. The number of aliphatic hydroxyl groups excluding tert-OH is 2. The minimum atomic E-state index is -4.45. The number of rotatable bonds is 4. The van der Waals surface area contributed by atoms with Crippen LogP contribution in [0.3, 0.4) is 0 Å². The first kappa shape index (κ1) is 37.1. The molecule has 4 aromatic rings. The van der Waals surface area contributed by atoms with Crippen LogP contribution in [0.1, 0.15) is 12.5 Å². The number of nitrogens with two attached hydrogens (primary N) is 2. The average Bonchev–Trinajstić information content (AvgIpc) is 3.95. The molecule has 4 aromatic heterocycles. The summed E-state index contributed by atoms with van der Waals surface area (Å²) >= 11 is 0. The highest BCUT2D eigenvalue weighted by molar-refractivity contribution is 7.51. The van der Waals surface area contributed by atoms with E-state index in [-0.39, 0.29) is 86.7 Å². The maximum absolute atomic E-state index is 15.1. The normalized spacial score (nSPS) is 37.1. The highest BCUT2D eigenvalue weighted by Crippen LogP contribution is 2.59. The molecule has 9 rings (SSSR count). The fourth-order valence-corrected chi connectivity index (χ4v) is 11.0. The highest BCUT2D eigenvalue weighted by Gasteiger charge is 2.56. The molecule has 0 spiro atoms. The fraction of sp³-hybridized carbons (Fsp3) is 0.643. The lowest BCUT2D eigenvalue weighted by Gasteiger charge is -2.36. The summed E-state index contributed by atoms with van der Waals surface area (Å²) < 4.78 is 84.3. The number of nitrogens with zero attached hydrogens (tertiary/aromatic N) is 9. The maximum atomic E-state index is 15.1. The van der Waals surface area contributed by atoms with E-state index >= 15 is 9.13 Å². The van der Waals surface area contributed by atoms with Gasteiger partial charge in [-0.3, -0.25) is 37.0 Å². The highest BCUT2D eigenvalue weighted by atomic mass is 31.2. The van der Waals surface area contributed by atoms with Crippen molar-refractivity contribution in [1.82, 2.24) is 48.4 Å². The van der Waals surface area contributed by atoms with Crippen molar-refractivity contribution in [3.63, 3.8) is 0 Å². The van der Waals surface area contributed by atoms with Gasteiger partial charge in [0.05, 0.1) is 52.3 Å². The molecule has 10 atom stereocenters. The molecule has 27 heteroatoms. The van der Waals surface area contributed by atoms with Gasteiger partial charge >= 0.3 is 15.5 Å². The van der Waals surface area contributed by atoms with E-state index in [2.05, 4.69) is 29.9 Å². The van der Waals surface area contributed by atoms with E-state index in [0.717, 1.165) is 0 Å². The maximum Gasteiger partial charge on any atom is 0.408 e. The number of nitrogen functional groups attached to an aromatic ring is 2. The molecule has 0 aromatic carbocycles. The van der Waals surface area contributed by atoms with Crippen LogP contribution in [0.15, 0.2) is 23.8 Å². The first-order chi connectivity index (χ1) is 26.5. The number of anilines is 2. The lowest BCUT2D eigenvalue weighted by Crippen LogP contribution is -2.41. The molecule has 5 aliphatic rings. The number of H-pyrrole nitrogens is 1. The van der Waals surface area contributed by atoms with Crippen molar-refractivity contribution in [2.45, 2.75) is 49.1 Å². The summed E-state index contributed by atoms with van der Waals surface area (Å²) in [7, 11) is -8.86. The van der Waals surface area contributed by atoms with Crippen LogP contribution in [0.25, 0.3) is 22.3 Å². The van der Waals surface area contributed by atoms with E-state index in [1.54, 1.807) is 0 Å². The molecule has 0 amide bonds. The number of aliphatic hydroxyl groups is 2. The molecule has 0 saturated carbocycles. The molecule has 0 aliphatic carbocycles. The van der Waals surface area contributed by atoms with Crippen LogP contribution in [0.2, 0.25) is 0 Å². The Morgan fingerprint density at radius 3 is 1.98 bits per heavy atom. The predicted molar refractivity (Wildman–Crippen MR) is 184 cm³/mol. The van der Waals surface area contributed by atoms with E-state index in [0.29, 0.717) is 0 Å². The summed E-state index contributed by atoms with van der Waals surface area (Å²) in [5, 5.41) is 23.7. The van der Waals surface area contributed by atoms with Crippen molar-refractivity contribution < 1.29 is 56.4 Å². The van der Waals surface area contributed by atoms with Gasteiger partial charge in [-0.1, -0.05) is 0 Å². The SMILES string of the molecule is Nc1nc2c(ncn2[C@@H]2O[C@@H]3COP(=O)(N4CCOCC4)OC4C(O)[C@H](n5cnc6c(N)ncnc65)O[C@@H]4COP(=O)(N4CCOCC4)OC2C3O)c(=O)[nH]1. The third kappa shape index (κ3) is 6.56. The van der Waals surface area contributed by atoms with Gasteiger partial charge in [0.25, 0.3) is 5.56 Å². The molecule has 298 valence electrons. The number of hydrogen-bond acceptors (Lipinski definition) is 20. The Bertz CT molecular complexity index is 2210. The summed E-state index contributed by atoms with van der Waals surface area (Å²) in [5.74, 6) is -0.117. The standard InChI is InChI=1S/C28H38N12O13P2/c29-22-16-23(32-11-31-22)39(12-33-16)26-19(42)20-15(51-26)10-49-55(45,38-3-7-47-8-4-38)53-21-18(41)14(9-48-54(44,52-20)37-1-5-46-6-2-37)50-27(21)40-13-34-17-24(40)35-28(30)36-25(17)43/h11-15,18-21,26-27,41-42H,1-10H2,(H2,29,31,32)(H3,30,35,36,43)/t14-,15-,18?,19?,20?,21?,26-,27-,54?,55?/m1/s1. The third-order valence-corrected chi connectivity index (χ3v) is 14.1. The monoisotopic (exact) mass is 812 g/mol. The van der Waals surface area contributed by atoms with Crippen molar-refractivity contribution in [3.05, 3.63) is 29.3 Å². The lowest BCUT2D eigenvalue weighted by atomic mass is 10.1. The van der Waals surface area contributed by atoms with E-state index in [9.17, 15) is 15.0 Å². The molecule has 6 unspecified atom stereocenters. The number of morpholine rings is 2. The largest absolute Gasteiger partial charge is 0.408 e. The van der Waals surface area contributed by atoms with Crippen molar-refractivity contribution in [1.29, 1.82) is 0 Å². The zero-order valence-electron chi connectivity index (χ0n) is 28.9. The van der Waals surface area contributed by atoms with Crippen LogP contribution < -0.4 is 17.0 Å². The summed E-state index contributed by atoms with van der Waals surface area (Å²) in [6.07, 6.45) is -7.33. The topological polar surface area (TPSA) is 314 Å². The smallest absolute Gasteiger partial charge is 0.387 e. The second kappa shape index (κ2) is 14.5. The molecule has 25 nitrogen and oxygen atoms in total. The van der Waals surface area contributed by atoms with E-state index < -0.39 is 83.3 Å². The van der Waals surface area contributed by atoms with Gasteiger partial charge in [-0.2, -0.15) is 4.98 Å². The summed E-state index contributed by atoms with van der Waals surface area (Å²) in [6.45, 7) is 0.176. The number of aromatic nitrogens is 8. The number of fused-ring (bicyclic) bond motifs is 5. The Kier molecular flexibility index (Phi) is 9.74. The number of aromatic amines is 1. The van der Waals surface area contributed by atoms with Crippen molar-refractivity contribution in [2.75, 3.05) is 77.3 Å². The van der Waals surface area contributed by atoms with Crippen LogP contribution >= 0.6 is 15.5 Å². The van der Waals surface area contributed by atoms with Crippen LogP contribution in [0, 0.1) is 0 Å². The van der Waals surface area contributed by atoms with Gasteiger partial charge < -0.3 is 40.6 Å². The van der Waals surface area contributed by atoms with Crippen molar-refractivity contribution in [3.8, 4) is 0 Å². The summed E-state index contributed by atoms with van der Waals surface area (Å²) in [6, 6.07) is 0. The summed E-state index contributed by atoms with van der Waals surface area (Å²) in [4.78, 5) is 35.9. The predicted octanol–water partition coefficient (Wildman–Crippen LogP) is -1.66. The number of hydrogen-bond donors (Lipinski definition) is 5. The molecule has 5 saturated heterocycles. The van der Waals surface area contributed by atoms with Gasteiger partial charge in [-0.05, 0) is 0 Å². The minimum Gasteiger partial charge on any atom is -0.387 e. The molecule has 0 radical (unpaired) electrons. The quantitative estimate of drug-likeness (QED) is 0.144. The first-order valence-electron chi connectivity index (χ1n) is 17.4. The second-order valence-corrected chi connectivity index (χ2v) is 17.2. The minimum absolute atomic E-state index is 0.0135. The zero-order chi connectivity index (χ0) is 38.1.